The highest BCUT2D eigenvalue weighted by atomic mass is 32.2. The van der Waals surface area contributed by atoms with Gasteiger partial charge < -0.3 is 5.73 Å². The Hall–Kier alpha value is -1.37. The molecule has 0 aliphatic rings. The normalized spacial score (nSPS) is 13.3. The van der Waals surface area contributed by atoms with E-state index in [1.165, 1.54) is 11.3 Å². The third-order valence-electron chi connectivity index (χ3n) is 2.99. The summed E-state index contributed by atoms with van der Waals surface area (Å²) < 4.78 is 27.6. The topological polar surface area (TPSA) is 72.2 Å². The molecule has 1 heterocycles. The van der Waals surface area contributed by atoms with Crippen LogP contribution in [0, 0.1) is 0 Å². The van der Waals surface area contributed by atoms with Crippen molar-refractivity contribution in [1.82, 2.24) is 4.72 Å². The number of rotatable bonds is 5. The van der Waals surface area contributed by atoms with Crippen LogP contribution in [0.2, 0.25) is 0 Å². The Morgan fingerprint density at radius 1 is 1.30 bits per heavy atom. The van der Waals surface area contributed by atoms with Crippen LogP contribution in [-0.4, -0.2) is 8.42 Å². The van der Waals surface area contributed by atoms with E-state index in [2.05, 4.69) is 4.72 Å². The Bertz CT molecular complexity index is 693. The Morgan fingerprint density at radius 2 is 2.05 bits per heavy atom. The maximum absolute atomic E-state index is 12.3. The van der Waals surface area contributed by atoms with Crippen LogP contribution in [0.15, 0.2) is 40.6 Å². The first-order valence-electron chi connectivity index (χ1n) is 6.39. The standard InChI is InChI=1S/C14H18N2O2S2/c1-3-13-7-8-14(19-13)20(17,18)16-10(2)11-5-4-6-12(15)9-11/h4-10,16H,3,15H2,1-2H3. The smallest absolute Gasteiger partial charge is 0.250 e. The number of hydrogen-bond donors (Lipinski definition) is 2. The quantitative estimate of drug-likeness (QED) is 0.834. The lowest BCUT2D eigenvalue weighted by atomic mass is 10.1. The van der Waals surface area contributed by atoms with E-state index in [0.29, 0.717) is 9.90 Å². The molecule has 3 N–H and O–H groups in total. The van der Waals surface area contributed by atoms with Crippen molar-refractivity contribution >= 4 is 27.0 Å². The molecule has 1 aromatic heterocycles. The van der Waals surface area contributed by atoms with E-state index in [9.17, 15) is 8.42 Å². The molecule has 2 rings (SSSR count). The molecule has 2 aromatic rings. The summed E-state index contributed by atoms with van der Waals surface area (Å²) in [5.74, 6) is 0. The third-order valence-corrected chi connectivity index (χ3v) is 6.26. The maximum atomic E-state index is 12.3. The summed E-state index contributed by atoms with van der Waals surface area (Å²) >= 11 is 1.30. The summed E-state index contributed by atoms with van der Waals surface area (Å²) in [5, 5.41) is 0. The average molecular weight is 310 g/mol. The largest absolute Gasteiger partial charge is 0.399 e. The number of aryl methyl sites for hydroxylation is 1. The molecule has 20 heavy (non-hydrogen) atoms. The minimum atomic E-state index is -3.48. The van der Waals surface area contributed by atoms with E-state index in [1.54, 1.807) is 25.1 Å². The van der Waals surface area contributed by atoms with Gasteiger partial charge >= 0.3 is 0 Å². The second-order valence-corrected chi connectivity index (χ2v) is 7.70. The molecule has 6 heteroatoms. The van der Waals surface area contributed by atoms with Crippen molar-refractivity contribution in [3.63, 3.8) is 0 Å². The number of sulfonamides is 1. The van der Waals surface area contributed by atoms with Crippen LogP contribution < -0.4 is 10.5 Å². The number of nitrogen functional groups attached to an aromatic ring is 1. The number of benzene rings is 1. The SMILES string of the molecule is CCc1ccc(S(=O)(=O)NC(C)c2cccc(N)c2)s1. The zero-order chi connectivity index (χ0) is 14.8. The zero-order valence-corrected chi connectivity index (χ0v) is 13.1. The number of hydrogen-bond acceptors (Lipinski definition) is 4. The van der Waals surface area contributed by atoms with Crippen molar-refractivity contribution in [2.45, 2.75) is 30.5 Å². The summed E-state index contributed by atoms with van der Waals surface area (Å²) in [7, 11) is -3.48. The van der Waals surface area contributed by atoms with Crippen LogP contribution in [0.25, 0.3) is 0 Å². The van der Waals surface area contributed by atoms with E-state index < -0.39 is 10.0 Å². The predicted molar refractivity (Wildman–Crippen MR) is 83.3 cm³/mol. The maximum Gasteiger partial charge on any atom is 0.250 e. The second kappa shape index (κ2) is 5.95. The molecule has 0 fully saturated rings. The Kier molecular flexibility index (Phi) is 4.47. The summed E-state index contributed by atoms with van der Waals surface area (Å²) in [6.45, 7) is 3.81. The van der Waals surface area contributed by atoms with Crippen molar-refractivity contribution in [2.24, 2.45) is 0 Å². The molecule has 0 saturated heterocycles. The second-order valence-electron chi connectivity index (χ2n) is 4.59. The highest BCUT2D eigenvalue weighted by Gasteiger charge is 2.20. The van der Waals surface area contributed by atoms with Crippen molar-refractivity contribution in [2.75, 3.05) is 5.73 Å². The highest BCUT2D eigenvalue weighted by molar-refractivity contribution is 7.91. The van der Waals surface area contributed by atoms with Gasteiger partial charge in [0.15, 0.2) is 0 Å². The fourth-order valence-electron chi connectivity index (χ4n) is 1.88. The van der Waals surface area contributed by atoms with Crippen LogP contribution in [0.3, 0.4) is 0 Å². The molecule has 0 amide bonds. The van der Waals surface area contributed by atoms with Crippen molar-refractivity contribution in [1.29, 1.82) is 0 Å². The molecule has 1 unspecified atom stereocenters. The minimum Gasteiger partial charge on any atom is -0.399 e. The van der Waals surface area contributed by atoms with Crippen molar-refractivity contribution in [3.8, 4) is 0 Å². The van der Waals surface area contributed by atoms with Crippen molar-refractivity contribution in [3.05, 3.63) is 46.8 Å². The van der Waals surface area contributed by atoms with E-state index in [0.717, 1.165) is 16.9 Å². The predicted octanol–water partition coefficient (Wildman–Crippen LogP) is 2.93. The number of nitrogens with one attached hydrogen (secondary N) is 1. The van der Waals surface area contributed by atoms with Gasteiger partial charge in [0.2, 0.25) is 0 Å². The lowest BCUT2D eigenvalue weighted by molar-refractivity contribution is 0.569. The molecular formula is C14H18N2O2S2. The van der Waals surface area contributed by atoms with E-state index in [1.807, 2.05) is 25.1 Å². The van der Waals surface area contributed by atoms with E-state index in [-0.39, 0.29) is 6.04 Å². The monoisotopic (exact) mass is 310 g/mol. The van der Waals surface area contributed by atoms with Crippen LogP contribution in [0.5, 0.6) is 0 Å². The highest BCUT2D eigenvalue weighted by Crippen LogP contribution is 2.24. The van der Waals surface area contributed by atoms with Gasteiger partial charge in [0.1, 0.15) is 4.21 Å². The number of anilines is 1. The van der Waals surface area contributed by atoms with Gasteiger partial charge in [-0.2, -0.15) is 0 Å². The molecule has 1 atom stereocenters. The summed E-state index contributed by atoms with van der Waals surface area (Å²) in [6.07, 6.45) is 0.838. The summed E-state index contributed by atoms with van der Waals surface area (Å²) in [6, 6.07) is 10.4. The fraction of sp³-hybridized carbons (Fsp3) is 0.286. The van der Waals surface area contributed by atoms with Gasteiger partial charge in [-0.25, -0.2) is 13.1 Å². The Labute approximate surface area is 123 Å². The average Bonchev–Trinajstić information content (AvgIpc) is 2.87. The summed E-state index contributed by atoms with van der Waals surface area (Å²) in [5.41, 5.74) is 7.19. The molecular weight excluding hydrogens is 292 g/mol. The lowest BCUT2D eigenvalue weighted by Crippen LogP contribution is -2.26. The van der Waals surface area contributed by atoms with E-state index in [4.69, 9.17) is 5.73 Å². The molecule has 0 saturated carbocycles. The third kappa shape index (κ3) is 3.39. The molecule has 0 bridgehead atoms. The van der Waals surface area contributed by atoms with Crippen LogP contribution in [-0.2, 0) is 16.4 Å². The van der Waals surface area contributed by atoms with Crippen molar-refractivity contribution < 1.29 is 8.42 Å². The van der Waals surface area contributed by atoms with Gasteiger partial charge in [-0.3, -0.25) is 0 Å². The van der Waals surface area contributed by atoms with Crippen LogP contribution in [0.1, 0.15) is 30.3 Å². The molecule has 0 aliphatic carbocycles. The van der Waals surface area contributed by atoms with Gasteiger partial charge in [-0.1, -0.05) is 19.1 Å². The molecule has 0 aliphatic heterocycles. The fourth-order valence-corrected chi connectivity index (χ4v) is 4.42. The van der Waals surface area contributed by atoms with Gasteiger partial charge in [0.25, 0.3) is 10.0 Å². The van der Waals surface area contributed by atoms with Gasteiger partial charge in [0.05, 0.1) is 0 Å². The lowest BCUT2D eigenvalue weighted by Gasteiger charge is -2.14. The number of nitrogens with two attached hydrogens (primary N) is 1. The first kappa shape index (κ1) is 15.0. The number of thiophene rings is 1. The molecule has 4 nitrogen and oxygen atoms in total. The van der Waals surface area contributed by atoms with E-state index >= 15 is 0 Å². The van der Waals surface area contributed by atoms with Crippen LogP contribution in [0.4, 0.5) is 5.69 Å². The van der Waals surface area contributed by atoms with Crippen LogP contribution >= 0.6 is 11.3 Å². The minimum absolute atomic E-state index is 0.323. The van der Waals surface area contributed by atoms with Gasteiger partial charge in [-0.05, 0) is 43.2 Å². The van der Waals surface area contributed by atoms with Gasteiger partial charge in [-0.15, -0.1) is 11.3 Å². The molecule has 1 aromatic carbocycles. The van der Waals surface area contributed by atoms with Gasteiger partial charge in [0, 0.05) is 16.6 Å². The Morgan fingerprint density at radius 3 is 2.65 bits per heavy atom. The molecule has 0 radical (unpaired) electrons. The first-order valence-corrected chi connectivity index (χ1v) is 8.69. The summed E-state index contributed by atoms with van der Waals surface area (Å²) in [4.78, 5) is 1.06. The molecule has 108 valence electrons. The molecule has 0 spiro atoms. The first-order chi connectivity index (χ1) is 9.42. The zero-order valence-electron chi connectivity index (χ0n) is 11.5. The Balaban J connectivity index is 2.19.